The first kappa shape index (κ1) is 11.0. The van der Waals surface area contributed by atoms with Crippen LogP contribution in [0.4, 0.5) is 5.95 Å². The predicted octanol–water partition coefficient (Wildman–Crippen LogP) is 1.99. The van der Waals surface area contributed by atoms with E-state index in [0.29, 0.717) is 12.5 Å². The van der Waals surface area contributed by atoms with Gasteiger partial charge in [-0.1, -0.05) is 26.0 Å². The Kier molecular flexibility index (Phi) is 3.10. The molecule has 16 heavy (non-hydrogen) atoms. The van der Waals surface area contributed by atoms with Gasteiger partial charge in [0.25, 0.3) is 0 Å². The molecule has 0 fully saturated rings. The Morgan fingerprint density at radius 3 is 2.81 bits per heavy atom. The van der Waals surface area contributed by atoms with Crippen LogP contribution in [0.25, 0.3) is 11.0 Å². The molecule has 4 heteroatoms. The van der Waals surface area contributed by atoms with E-state index in [1.54, 1.807) is 0 Å². The van der Waals surface area contributed by atoms with Gasteiger partial charge in [-0.2, -0.15) is 0 Å². The summed E-state index contributed by atoms with van der Waals surface area (Å²) in [7, 11) is 0. The molecule has 3 N–H and O–H groups in total. The van der Waals surface area contributed by atoms with Gasteiger partial charge in [0, 0.05) is 6.54 Å². The first-order chi connectivity index (χ1) is 7.66. The van der Waals surface area contributed by atoms with Gasteiger partial charge < -0.3 is 15.4 Å². The van der Waals surface area contributed by atoms with Gasteiger partial charge in [0.05, 0.1) is 17.1 Å². The van der Waals surface area contributed by atoms with Crippen LogP contribution in [0.2, 0.25) is 0 Å². The summed E-state index contributed by atoms with van der Waals surface area (Å²) in [4.78, 5) is 7.52. The number of H-pyrrole nitrogens is 1. The summed E-state index contributed by atoms with van der Waals surface area (Å²) >= 11 is 0. The topological polar surface area (TPSA) is 60.9 Å². The Morgan fingerprint density at radius 2 is 2.12 bits per heavy atom. The molecule has 0 aliphatic heterocycles. The van der Waals surface area contributed by atoms with Gasteiger partial charge in [0.15, 0.2) is 0 Å². The largest absolute Gasteiger partial charge is 0.391 e. The quantitative estimate of drug-likeness (QED) is 0.737. The molecule has 1 atom stereocenters. The molecule has 1 unspecified atom stereocenters. The van der Waals surface area contributed by atoms with Crippen molar-refractivity contribution >= 4 is 17.0 Å². The molecule has 4 nitrogen and oxygen atoms in total. The monoisotopic (exact) mass is 219 g/mol. The Balaban J connectivity index is 2.05. The van der Waals surface area contributed by atoms with E-state index in [1.165, 1.54) is 0 Å². The lowest BCUT2D eigenvalue weighted by Gasteiger charge is -2.14. The number of anilines is 1. The van der Waals surface area contributed by atoms with Gasteiger partial charge in [0.2, 0.25) is 5.95 Å². The van der Waals surface area contributed by atoms with Crippen molar-refractivity contribution in [3.63, 3.8) is 0 Å². The molecule has 2 rings (SSSR count). The van der Waals surface area contributed by atoms with Crippen LogP contribution in [0.5, 0.6) is 0 Å². The van der Waals surface area contributed by atoms with Crippen LogP contribution in [0.15, 0.2) is 24.3 Å². The third-order valence-electron chi connectivity index (χ3n) is 2.64. The molecule has 1 heterocycles. The lowest BCUT2D eigenvalue weighted by Crippen LogP contribution is -2.25. The number of para-hydroxylation sites is 2. The maximum absolute atomic E-state index is 9.66. The van der Waals surface area contributed by atoms with E-state index in [1.807, 2.05) is 38.1 Å². The van der Waals surface area contributed by atoms with Gasteiger partial charge >= 0.3 is 0 Å². The van der Waals surface area contributed by atoms with Crippen molar-refractivity contribution in [2.24, 2.45) is 5.92 Å². The van der Waals surface area contributed by atoms with Crippen LogP contribution in [0.1, 0.15) is 13.8 Å². The molecule has 0 aliphatic rings. The number of aromatic nitrogens is 2. The maximum Gasteiger partial charge on any atom is 0.201 e. The second-order valence-corrected chi connectivity index (χ2v) is 4.29. The van der Waals surface area contributed by atoms with Crippen molar-refractivity contribution in [2.45, 2.75) is 20.0 Å². The molecule has 0 radical (unpaired) electrons. The normalized spacial score (nSPS) is 13.2. The lowest BCUT2D eigenvalue weighted by molar-refractivity contribution is 0.137. The highest BCUT2D eigenvalue weighted by atomic mass is 16.3. The number of rotatable bonds is 4. The van der Waals surface area contributed by atoms with Gasteiger partial charge in [-0.3, -0.25) is 0 Å². The highest BCUT2D eigenvalue weighted by Gasteiger charge is 2.09. The molecule has 2 aromatic rings. The highest BCUT2D eigenvalue weighted by molar-refractivity contribution is 5.77. The Morgan fingerprint density at radius 1 is 1.38 bits per heavy atom. The summed E-state index contributed by atoms with van der Waals surface area (Å²) < 4.78 is 0. The molecule has 1 aromatic heterocycles. The van der Waals surface area contributed by atoms with E-state index in [2.05, 4.69) is 15.3 Å². The summed E-state index contributed by atoms with van der Waals surface area (Å²) in [5, 5.41) is 12.8. The Bertz CT molecular complexity index is 431. The fourth-order valence-corrected chi connectivity index (χ4v) is 1.47. The molecule has 0 bridgehead atoms. The van der Waals surface area contributed by atoms with E-state index in [9.17, 15) is 5.11 Å². The predicted molar refractivity (Wildman–Crippen MR) is 65.4 cm³/mol. The van der Waals surface area contributed by atoms with Crippen LogP contribution < -0.4 is 5.32 Å². The smallest absolute Gasteiger partial charge is 0.201 e. The molecule has 0 aliphatic carbocycles. The van der Waals surface area contributed by atoms with Gasteiger partial charge in [-0.15, -0.1) is 0 Å². The Hall–Kier alpha value is -1.55. The number of aliphatic hydroxyl groups excluding tert-OH is 1. The van der Waals surface area contributed by atoms with E-state index >= 15 is 0 Å². The van der Waals surface area contributed by atoms with Crippen LogP contribution in [0.3, 0.4) is 0 Å². The van der Waals surface area contributed by atoms with Gasteiger partial charge in [0.1, 0.15) is 0 Å². The number of benzene rings is 1. The first-order valence-corrected chi connectivity index (χ1v) is 5.53. The fourth-order valence-electron chi connectivity index (χ4n) is 1.47. The molecule has 0 amide bonds. The van der Waals surface area contributed by atoms with E-state index in [-0.39, 0.29) is 12.0 Å². The summed E-state index contributed by atoms with van der Waals surface area (Å²) in [6.07, 6.45) is -0.354. The van der Waals surface area contributed by atoms with Crippen molar-refractivity contribution in [3.8, 4) is 0 Å². The number of nitrogens with zero attached hydrogens (tertiary/aromatic N) is 1. The molecule has 1 aromatic carbocycles. The fraction of sp³-hybridized carbons (Fsp3) is 0.417. The zero-order chi connectivity index (χ0) is 11.5. The molecule has 0 spiro atoms. The number of fused-ring (bicyclic) bond motifs is 1. The lowest BCUT2D eigenvalue weighted by atomic mass is 10.1. The summed E-state index contributed by atoms with van der Waals surface area (Å²) in [5.74, 6) is 0.956. The second-order valence-electron chi connectivity index (χ2n) is 4.29. The minimum absolute atomic E-state index is 0.247. The second kappa shape index (κ2) is 4.53. The van der Waals surface area contributed by atoms with E-state index in [0.717, 1.165) is 11.0 Å². The molecular formula is C12H17N3O. The minimum Gasteiger partial charge on any atom is -0.391 e. The average molecular weight is 219 g/mol. The summed E-state index contributed by atoms with van der Waals surface area (Å²) in [6.45, 7) is 4.49. The van der Waals surface area contributed by atoms with Crippen LogP contribution in [0, 0.1) is 5.92 Å². The molecular weight excluding hydrogens is 202 g/mol. The third-order valence-corrected chi connectivity index (χ3v) is 2.64. The maximum atomic E-state index is 9.66. The number of hydrogen-bond acceptors (Lipinski definition) is 3. The van der Waals surface area contributed by atoms with Crippen LogP contribution >= 0.6 is 0 Å². The average Bonchev–Trinajstić information content (AvgIpc) is 2.68. The zero-order valence-corrected chi connectivity index (χ0v) is 9.57. The summed E-state index contributed by atoms with van der Waals surface area (Å²) in [5.41, 5.74) is 1.94. The Labute approximate surface area is 94.7 Å². The van der Waals surface area contributed by atoms with Crippen LogP contribution in [-0.2, 0) is 0 Å². The standard InChI is InChI=1S/C12H17N3O/c1-8(2)11(16)7-13-12-14-9-5-3-4-6-10(9)15-12/h3-6,8,11,16H,7H2,1-2H3,(H2,13,14,15). The number of aliphatic hydroxyl groups is 1. The van der Waals surface area contributed by atoms with Gasteiger partial charge in [-0.05, 0) is 18.1 Å². The highest BCUT2D eigenvalue weighted by Crippen LogP contribution is 2.13. The zero-order valence-electron chi connectivity index (χ0n) is 9.57. The van der Waals surface area contributed by atoms with E-state index < -0.39 is 0 Å². The third kappa shape index (κ3) is 2.33. The molecule has 0 saturated carbocycles. The van der Waals surface area contributed by atoms with Crippen molar-refractivity contribution in [1.82, 2.24) is 9.97 Å². The first-order valence-electron chi connectivity index (χ1n) is 5.53. The van der Waals surface area contributed by atoms with Crippen molar-refractivity contribution in [2.75, 3.05) is 11.9 Å². The van der Waals surface area contributed by atoms with Crippen molar-refractivity contribution in [1.29, 1.82) is 0 Å². The molecule has 86 valence electrons. The van der Waals surface area contributed by atoms with Crippen molar-refractivity contribution < 1.29 is 5.11 Å². The number of imidazole rings is 1. The summed E-state index contributed by atoms with van der Waals surface area (Å²) in [6, 6.07) is 7.85. The minimum atomic E-state index is -0.354. The van der Waals surface area contributed by atoms with Crippen LogP contribution in [-0.4, -0.2) is 27.7 Å². The number of hydrogen-bond donors (Lipinski definition) is 3. The van der Waals surface area contributed by atoms with E-state index in [4.69, 9.17) is 0 Å². The SMILES string of the molecule is CC(C)C(O)CNc1nc2ccccc2[nH]1. The van der Waals surface area contributed by atoms with Crippen molar-refractivity contribution in [3.05, 3.63) is 24.3 Å². The van der Waals surface area contributed by atoms with Gasteiger partial charge in [-0.25, -0.2) is 4.98 Å². The number of aromatic amines is 1. The number of nitrogens with one attached hydrogen (secondary N) is 2. The molecule has 0 saturated heterocycles.